The van der Waals surface area contributed by atoms with Gasteiger partial charge < -0.3 is 24.8 Å². The highest BCUT2D eigenvalue weighted by Gasteiger charge is 2.22. The SMILES string of the molecule is COC(=O)CNC[C@H](CC(=O)OC(C)(C)C)NC(=O)OCc1ccccc1. The van der Waals surface area contributed by atoms with Gasteiger partial charge >= 0.3 is 18.0 Å². The van der Waals surface area contributed by atoms with Crippen molar-refractivity contribution in [2.24, 2.45) is 0 Å². The van der Waals surface area contributed by atoms with Gasteiger partial charge in [0.15, 0.2) is 0 Å². The first kappa shape index (κ1) is 22.4. The maximum atomic E-state index is 12.0. The fourth-order valence-corrected chi connectivity index (χ4v) is 2.11. The van der Waals surface area contributed by atoms with Gasteiger partial charge in [-0.25, -0.2) is 4.79 Å². The number of ether oxygens (including phenoxy) is 3. The average Bonchev–Trinajstić information content (AvgIpc) is 2.58. The number of amides is 1. The minimum Gasteiger partial charge on any atom is -0.468 e. The van der Waals surface area contributed by atoms with E-state index in [0.29, 0.717) is 0 Å². The predicted octanol–water partition coefficient (Wildman–Crippen LogP) is 1.78. The Labute approximate surface area is 159 Å². The topological polar surface area (TPSA) is 103 Å². The maximum Gasteiger partial charge on any atom is 0.407 e. The Morgan fingerprint density at radius 3 is 2.33 bits per heavy atom. The fraction of sp³-hybridized carbons (Fsp3) is 0.526. The number of alkyl carbamates (subject to hydrolysis) is 1. The first-order valence-corrected chi connectivity index (χ1v) is 8.66. The summed E-state index contributed by atoms with van der Waals surface area (Å²) in [5.74, 6) is -0.909. The Bertz CT molecular complexity index is 612. The molecule has 1 aromatic carbocycles. The highest BCUT2D eigenvalue weighted by atomic mass is 16.6. The Balaban J connectivity index is 2.55. The van der Waals surface area contributed by atoms with Gasteiger partial charge in [-0.2, -0.15) is 0 Å². The molecule has 1 rings (SSSR count). The van der Waals surface area contributed by atoms with Crippen LogP contribution in [-0.4, -0.2) is 49.9 Å². The number of benzene rings is 1. The molecule has 0 unspecified atom stereocenters. The minimum absolute atomic E-state index is 0.0396. The molecule has 0 fully saturated rings. The number of hydrogen-bond donors (Lipinski definition) is 2. The second-order valence-electron chi connectivity index (χ2n) is 6.90. The molecule has 0 saturated heterocycles. The van der Waals surface area contributed by atoms with Crippen LogP contribution in [0, 0.1) is 0 Å². The summed E-state index contributed by atoms with van der Waals surface area (Å²) in [6.07, 6.45) is -0.724. The van der Waals surface area contributed by atoms with Crippen LogP contribution in [0.25, 0.3) is 0 Å². The Hall–Kier alpha value is -2.61. The van der Waals surface area contributed by atoms with Crippen molar-refractivity contribution in [2.45, 2.75) is 45.4 Å². The molecule has 1 atom stereocenters. The summed E-state index contributed by atoms with van der Waals surface area (Å²) in [6, 6.07) is 8.63. The monoisotopic (exact) mass is 380 g/mol. The van der Waals surface area contributed by atoms with Crippen LogP contribution in [0.15, 0.2) is 30.3 Å². The molecule has 1 amide bonds. The molecule has 2 N–H and O–H groups in total. The van der Waals surface area contributed by atoms with Gasteiger partial charge in [-0.3, -0.25) is 9.59 Å². The molecule has 1 aromatic rings. The van der Waals surface area contributed by atoms with E-state index in [1.807, 2.05) is 30.3 Å². The van der Waals surface area contributed by atoms with Crippen molar-refractivity contribution in [3.05, 3.63) is 35.9 Å². The molecule has 0 aromatic heterocycles. The minimum atomic E-state index is -0.660. The third-order valence-corrected chi connectivity index (χ3v) is 3.26. The molecule has 27 heavy (non-hydrogen) atoms. The lowest BCUT2D eigenvalue weighted by molar-refractivity contribution is -0.155. The zero-order valence-electron chi connectivity index (χ0n) is 16.2. The Morgan fingerprint density at radius 1 is 1.07 bits per heavy atom. The summed E-state index contributed by atoms with van der Waals surface area (Å²) in [6.45, 7) is 5.53. The number of carbonyl (C=O) groups is 3. The van der Waals surface area contributed by atoms with Crippen molar-refractivity contribution in [2.75, 3.05) is 20.2 Å². The van der Waals surface area contributed by atoms with Crippen molar-refractivity contribution in [3.63, 3.8) is 0 Å². The molecular formula is C19H28N2O6. The lowest BCUT2D eigenvalue weighted by atomic mass is 10.1. The van der Waals surface area contributed by atoms with Gasteiger partial charge in [0.25, 0.3) is 0 Å². The van der Waals surface area contributed by atoms with Crippen molar-refractivity contribution >= 4 is 18.0 Å². The number of esters is 2. The molecule has 0 aliphatic heterocycles. The van der Waals surface area contributed by atoms with E-state index in [0.717, 1.165) is 5.56 Å². The molecule has 8 nitrogen and oxygen atoms in total. The van der Waals surface area contributed by atoms with Crippen LogP contribution in [0.3, 0.4) is 0 Å². The second kappa shape index (κ2) is 11.2. The van der Waals surface area contributed by atoms with Crippen LogP contribution in [0.1, 0.15) is 32.8 Å². The number of carbonyl (C=O) groups excluding carboxylic acids is 3. The van der Waals surface area contributed by atoms with E-state index < -0.39 is 29.7 Å². The van der Waals surface area contributed by atoms with Crippen LogP contribution in [0.5, 0.6) is 0 Å². The molecule has 0 radical (unpaired) electrons. The van der Waals surface area contributed by atoms with Gasteiger partial charge in [0.1, 0.15) is 12.2 Å². The Morgan fingerprint density at radius 2 is 1.74 bits per heavy atom. The van der Waals surface area contributed by atoms with Crippen molar-refractivity contribution in [1.82, 2.24) is 10.6 Å². The van der Waals surface area contributed by atoms with E-state index in [2.05, 4.69) is 15.4 Å². The summed E-state index contributed by atoms with van der Waals surface area (Å²) in [7, 11) is 1.28. The van der Waals surface area contributed by atoms with E-state index in [1.165, 1.54) is 7.11 Å². The first-order valence-electron chi connectivity index (χ1n) is 8.66. The van der Waals surface area contributed by atoms with Crippen LogP contribution < -0.4 is 10.6 Å². The summed E-state index contributed by atoms with van der Waals surface area (Å²) in [5.41, 5.74) is 0.217. The number of rotatable bonds is 9. The molecule has 0 bridgehead atoms. The number of methoxy groups -OCH3 is 1. The van der Waals surface area contributed by atoms with Gasteiger partial charge in [0.2, 0.25) is 0 Å². The summed E-state index contributed by atoms with van der Waals surface area (Å²) >= 11 is 0. The zero-order chi connectivity index (χ0) is 20.3. The average molecular weight is 380 g/mol. The van der Waals surface area contributed by atoms with Crippen LogP contribution in [0.4, 0.5) is 4.79 Å². The zero-order valence-corrected chi connectivity index (χ0v) is 16.2. The maximum absolute atomic E-state index is 12.0. The molecule has 0 saturated carbocycles. The standard InChI is InChI=1S/C19H28N2O6/c1-19(2,3)27-16(22)10-15(11-20-12-17(23)25-4)21-18(24)26-13-14-8-6-5-7-9-14/h5-9,15,20H,10-13H2,1-4H3,(H,21,24)/t15-/m0/s1. The van der Waals surface area contributed by atoms with E-state index in [1.54, 1.807) is 20.8 Å². The van der Waals surface area contributed by atoms with Gasteiger partial charge in [0, 0.05) is 6.54 Å². The molecular weight excluding hydrogens is 352 g/mol. The van der Waals surface area contributed by atoms with Crippen molar-refractivity contribution < 1.29 is 28.6 Å². The molecule has 150 valence electrons. The highest BCUT2D eigenvalue weighted by molar-refractivity contribution is 5.73. The summed E-state index contributed by atoms with van der Waals surface area (Å²) in [5, 5.41) is 5.45. The van der Waals surface area contributed by atoms with Crippen LogP contribution >= 0.6 is 0 Å². The predicted molar refractivity (Wildman–Crippen MR) is 98.9 cm³/mol. The third kappa shape index (κ3) is 10.9. The Kier molecular flexibility index (Phi) is 9.29. The van der Waals surface area contributed by atoms with E-state index >= 15 is 0 Å². The van der Waals surface area contributed by atoms with E-state index in [4.69, 9.17) is 9.47 Å². The lowest BCUT2D eigenvalue weighted by Gasteiger charge is -2.23. The third-order valence-electron chi connectivity index (χ3n) is 3.26. The summed E-state index contributed by atoms with van der Waals surface area (Å²) < 4.78 is 15.0. The molecule has 0 spiro atoms. The smallest absolute Gasteiger partial charge is 0.407 e. The van der Waals surface area contributed by atoms with Gasteiger partial charge in [-0.05, 0) is 26.3 Å². The van der Waals surface area contributed by atoms with Gasteiger partial charge in [-0.15, -0.1) is 0 Å². The van der Waals surface area contributed by atoms with Crippen molar-refractivity contribution in [3.8, 4) is 0 Å². The molecule has 0 aliphatic carbocycles. The largest absolute Gasteiger partial charge is 0.468 e. The number of hydrogen-bond acceptors (Lipinski definition) is 7. The summed E-state index contributed by atoms with van der Waals surface area (Å²) in [4.78, 5) is 35.3. The van der Waals surface area contributed by atoms with Crippen LogP contribution in [-0.2, 0) is 30.4 Å². The fourth-order valence-electron chi connectivity index (χ4n) is 2.11. The molecule has 8 heteroatoms. The molecule has 0 aliphatic rings. The van der Waals surface area contributed by atoms with Gasteiger partial charge in [0.05, 0.1) is 26.1 Å². The van der Waals surface area contributed by atoms with Gasteiger partial charge in [-0.1, -0.05) is 30.3 Å². The molecule has 0 heterocycles. The van der Waals surface area contributed by atoms with E-state index in [-0.39, 0.29) is 26.1 Å². The lowest BCUT2D eigenvalue weighted by Crippen LogP contribution is -2.45. The first-order chi connectivity index (χ1) is 12.7. The number of nitrogens with one attached hydrogen (secondary N) is 2. The quantitative estimate of drug-likeness (QED) is 0.497. The highest BCUT2D eigenvalue weighted by Crippen LogP contribution is 2.09. The van der Waals surface area contributed by atoms with E-state index in [9.17, 15) is 14.4 Å². The van der Waals surface area contributed by atoms with Crippen molar-refractivity contribution in [1.29, 1.82) is 0 Å². The normalized spacial score (nSPS) is 12.0. The van der Waals surface area contributed by atoms with Crippen LogP contribution in [0.2, 0.25) is 0 Å². The second-order valence-corrected chi connectivity index (χ2v) is 6.90.